The second-order valence-electron chi connectivity index (χ2n) is 6.43. The van der Waals surface area contributed by atoms with Gasteiger partial charge >= 0.3 is 5.69 Å². The van der Waals surface area contributed by atoms with Crippen molar-refractivity contribution in [3.63, 3.8) is 0 Å². The molecule has 1 saturated heterocycles. The van der Waals surface area contributed by atoms with Gasteiger partial charge in [0.15, 0.2) is 20.7 Å². The summed E-state index contributed by atoms with van der Waals surface area (Å²) >= 11 is 1.65. The minimum absolute atomic E-state index is 0.0509. The van der Waals surface area contributed by atoms with E-state index in [1.807, 2.05) is 16.8 Å². The Balaban J connectivity index is 2.19. The predicted molar refractivity (Wildman–Crippen MR) is 98.6 cm³/mol. The highest BCUT2D eigenvalue weighted by Crippen LogP contribution is 2.37. The van der Waals surface area contributed by atoms with Crippen molar-refractivity contribution in [1.29, 1.82) is 0 Å². The van der Waals surface area contributed by atoms with E-state index < -0.39 is 21.3 Å². The Hall–Kier alpha value is -1.34. The number of halogens is 2. The van der Waals surface area contributed by atoms with Crippen molar-refractivity contribution in [3.8, 4) is 0 Å². The van der Waals surface area contributed by atoms with Crippen LogP contribution in [-0.4, -0.2) is 64.5 Å². The van der Waals surface area contributed by atoms with Crippen molar-refractivity contribution in [3.05, 3.63) is 22.0 Å². The molecule has 2 aliphatic rings. The van der Waals surface area contributed by atoms with Gasteiger partial charge in [-0.1, -0.05) is 0 Å². The first-order valence-electron chi connectivity index (χ1n) is 7.67. The number of aryl methyl sites for hydroxylation is 1. The molecule has 0 bridgehead atoms. The van der Waals surface area contributed by atoms with E-state index in [1.165, 1.54) is 6.92 Å². The number of pyridine rings is 1. The van der Waals surface area contributed by atoms with E-state index in [1.54, 1.807) is 22.9 Å². The third-order valence-corrected chi connectivity index (χ3v) is 7.30. The van der Waals surface area contributed by atoms with Crippen LogP contribution in [0.15, 0.2) is 9.82 Å². The van der Waals surface area contributed by atoms with Gasteiger partial charge in [0.25, 0.3) is 0 Å². The lowest BCUT2D eigenvalue weighted by molar-refractivity contribution is 0.276. The number of nitrogens with zero attached hydrogens (tertiary/aromatic N) is 5. The summed E-state index contributed by atoms with van der Waals surface area (Å²) in [5.41, 5.74) is -0.748. The first-order valence-corrected chi connectivity index (χ1v) is 10.3. The van der Waals surface area contributed by atoms with Gasteiger partial charge in [0, 0.05) is 19.6 Å². The van der Waals surface area contributed by atoms with Gasteiger partial charge in [0.2, 0.25) is 0 Å². The van der Waals surface area contributed by atoms with Crippen LogP contribution in [0.4, 0.5) is 10.2 Å². The van der Waals surface area contributed by atoms with Crippen LogP contribution in [0.25, 0.3) is 10.9 Å². The second-order valence-corrected chi connectivity index (χ2v) is 9.34. The molecule has 0 aliphatic carbocycles. The van der Waals surface area contributed by atoms with Gasteiger partial charge in [0.1, 0.15) is 11.3 Å². The van der Waals surface area contributed by atoms with Crippen molar-refractivity contribution in [2.75, 3.05) is 37.3 Å². The van der Waals surface area contributed by atoms with Crippen LogP contribution >= 0.6 is 22.9 Å². The molecule has 0 aromatic carbocycles. The highest BCUT2D eigenvalue weighted by Gasteiger charge is 2.39. The first-order chi connectivity index (χ1) is 11.7. The van der Waals surface area contributed by atoms with Gasteiger partial charge in [-0.3, -0.25) is 0 Å². The zero-order valence-electron chi connectivity index (χ0n) is 13.5. The molecular formula is C14H15FIN5O3S. The average Bonchev–Trinajstić information content (AvgIpc) is 2.61. The average molecular weight is 479 g/mol. The summed E-state index contributed by atoms with van der Waals surface area (Å²) < 4.78 is 41.7. The Morgan fingerprint density at radius 1 is 1.28 bits per heavy atom. The minimum Gasteiger partial charge on any atom is -0.349 e. The predicted octanol–water partition coefficient (Wildman–Crippen LogP) is 0.345. The van der Waals surface area contributed by atoms with Crippen molar-refractivity contribution in [1.82, 2.24) is 17.6 Å². The lowest BCUT2D eigenvalue weighted by Gasteiger charge is -2.39. The molecule has 2 aromatic heterocycles. The van der Waals surface area contributed by atoms with Crippen molar-refractivity contribution in [2.45, 2.75) is 18.0 Å². The molecule has 2 aliphatic heterocycles. The van der Waals surface area contributed by atoms with Crippen LogP contribution < -0.4 is 10.6 Å². The number of rotatable bonds is 0. The van der Waals surface area contributed by atoms with Crippen LogP contribution in [0.1, 0.15) is 5.69 Å². The molecule has 1 atom stereocenters. The van der Waals surface area contributed by atoms with E-state index in [9.17, 15) is 17.6 Å². The molecule has 0 radical (unpaired) electrons. The Morgan fingerprint density at radius 2 is 2.00 bits per heavy atom. The molecular weight excluding hydrogens is 464 g/mol. The quantitative estimate of drug-likeness (QED) is 0.504. The fourth-order valence-electron chi connectivity index (χ4n) is 3.51. The molecule has 8 nitrogen and oxygen atoms in total. The number of anilines is 1. The first kappa shape index (κ1) is 17.1. The van der Waals surface area contributed by atoms with E-state index in [2.05, 4.69) is 9.97 Å². The number of hydrogen-bond acceptors (Lipinski definition) is 7. The maximum absolute atomic E-state index is 14.8. The Bertz CT molecular complexity index is 1070. The van der Waals surface area contributed by atoms with E-state index in [4.69, 9.17) is 0 Å². The van der Waals surface area contributed by atoms with Crippen LogP contribution in [0, 0.1) is 12.7 Å². The summed E-state index contributed by atoms with van der Waals surface area (Å²) in [5, 5.41) is -0.0875. The molecule has 1 fully saturated rings. The highest BCUT2D eigenvalue weighted by molar-refractivity contribution is 14.1. The standard InChI is InChI=1S/C14H15FIN5O3S/c1-7-10(15)11-9-12(18-14(22)21(11)16)20-4-3-19(2)5-8(20)6-25(23,24)13(9)17-7/h8H,3-6H2,1-2H3. The maximum Gasteiger partial charge on any atom is 0.359 e. The third-order valence-electron chi connectivity index (χ3n) is 4.70. The smallest absolute Gasteiger partial charge is 0.349 e. The topological polar surface area (TPSA) is 88.4 Å². The number of sulfone groups is 1. The second kappa shape index (κ2) is 5.58. The molecule has 2 aromatic rings. The van der Waals surface area contributed by atoms with Crippen molar-refractivity contribution in [2.24, 2.45) is 0 Å². The van der Waals surface area contributed by atoms with Crippen molar-refractivity contribution < 1.29 is 12.8 Å². The zero-order valence-corrected chi connectivity index (χ0v) is 16.5. The largest absolute Gasteiger partial charge is 0.359 e. The molecule has 11 heteroatoms. The number of likely N-dealkylation sites (N-methyl/N-ethyl adjacent to an activating group) is 1. The molecule has 1 unspecified atom stereocenters. The van der Waals surface area contributed by atoms with Gasteiger partial charge < -0.3 is 9.80 Å². The van der Waals surface area contributed by atoms with E-state index in [-0.39, 0.29) is 39.2 Å². The minimum atomic E-state index is -3.75. The lowest BCUT2D eigenvalue weighted by atomic mass is 10.1. The normalized spacial score (nSPS) is 22.7. The molecule has 0 N–H and O–H groups in total. The molecule has 0 amide bonds. The highest BCUT2D eigenvalue weighted by atomic mass is 127. The fraction of sp³-hybridized carbons (Fsp3) is 0.500. The monoisotopic (exact) mass is 479 g/mol. The zero-order chi connectivity index (χ0) is 18.1. The summed E-state index contributed by atoms with van der Waals surface area (Å²) in [6, 6.07) is -0.360. The molecule has 4 heterocycles. The third kappa shape index (κ3) is 2.46. The number of fused-ring (bicyclic) bond motifs is 2. The maximum atomic E-state index is 14.8. The van der Waals surface area contributed by atoms with Gasteiger partial charge in [-0.05, 0) is 14.0 Å². The number of hydrogen-bond donors (Lipinski definition) is 0. The van der Waals surface area contributed by atoms with Gasteiger partial charge in [-0.15, -0.1) is 0 Å². The van der Waals surface area contributed by atoms with Crippen LogP contribution in [0.3, 0.4) is 0 Å². The molecule has 0 saturated carbocycles. The van der Waals surface area contributed by atoms with Gasteiger partial charge in [-0.2, -0.15) is 4.98 Å². The van der Waals surface area contributed by atoms with Crippen LogP contribution in [0.2, 0.25) is 0 Å². The molecule has 0 spiro atoms. The number of aromatic nitrogens is 3. The van der Waals surface area contributed by atoms with E-state index >= 15 is 0 Å². The van der Waals surface area contributed by atoms with E-state index in [0.29, 0.717) is 19.6 Å². The Labute approximate surface area is 157 Å². The Morgan fingerprint density at radius 3 is 2.72 bits per heavy atom. The molecule has 4 rings (SSSR count). The van der Waals surface area contributed by atoms with Gasteiger partial charge in [-0.25, -0.2) is 25.4 Å². The van der Waals surface area contributed by atoms with Gasteiger partial charge in [0.05, 0.1) is 45.7 Å². The molecule has 134 valence electrons. The molecule has 25 heavy (non-hydrogen) atoms. The SMILES string of the molecule is Cc1nc2c3c(nc(=O)n(I)c3c1F)N1CCN(C)CC1CS2(=O)=O. The Kier molecular flexibility index (Phi) is 3.81. The van der Waals surface area contributed by atoms with E-state index in [0.717, 1.165) is 2.78 Å². The lowest BCUT2D eigenvalue weighted by Crippen LogP contribution is -2.54. The summed E-state index contributed by atoms with van der Waals surface area (Å²) in [6.07, 6.45) is 0. The van der Waals surface area contributed by atoms with Crippen LogP contribution in [0.5, 0.6) is 0 Å². The van der Waals surface area contributed by atoms with Crippen molar-refractivity contribution >= 4 is 49.4 Å². The summed E-state index contributed by atoms with van der Waals surface area (Å²) in [5.74, 6) is -0.624. The fourth-order valence-corrected chi connectivity index (χ4v) is 5.79. The summed E-state index contributed by atoms with van der Waals surface area (Å²) in [4.78, 5) is 24.2. The summed E-state index contributed by atoms with van der Waals surface area (Å²) in [7, 11) is -1.84. The summed E-state index contributed by atoms with van der Waals surface area (Å²) in [6.45, 7) is 3.13. The number of piperazine rings is 1. The van der Waals surface area contributed by atoms with Crippen LogP contribution in [-0.2, 0) is 9.84 Å².